The van der Waals surface area contributed by atoms with Gasteiger partial charge in [0, 0.05) is 31.2 Å². The second kappa shape index (κ2) is 13.8. The van der Waals surface area contributed by atoms with Gasteiger partial charge < -0.3 is 14.8 Å². The highest BCUT2D eigenvalue weighted by molar-refractivity contribution is 5.74. The molecule has 1 fully saturated rings. The Bertz CT molecular complexity index is 935. The number of hydrogen-bond donors (Lipinski definition) is 1. The molecular formula is C29H46N4O2. The van der Waals surface area contributed by atoms with E-state index in [0.29, 0.717) is 12.6 Å². The molecule has 1 N–H and O–H groups in total. The van der Waals surface area contributed by atoms with Gasteiger partial charge in [-0.1, -0.05) is 46.6 Å². The maximum absolute atomic E-state index is 6.42. The van der Waals surface area contributed by atoms with Gasteiger partial charge in [0.05, 0.1) is 30.3 Å². The molecule has 2 aromatic rings. The standard InChI is InChI=1S/C29H46N4O2/c1-7-11-23(12-8-2)30-29-25(10-4)31-28(24(9-3)32-29)27-22(6)19-21(5)20-26(27)35-18-15-33-13-16-34-17-14-33/h19-20,23H,7-18H2,1-6H3,(H,30,32). The van der Waals surface area contributed by atoms with E-state index in [0.717, 1.165) is 92.7 Å². The van der Waals surface area contributed by atoms with Crippen LogP contribution in [0.2, 0.25) is 0 Å². The zero-order chi connectivity index (χ0) is 25.2. The number of benzene rings is 1. The molecule has 194 valence electrons. The zero-order valence-corrected chi connectivity index (χ0v) is 22.9. The lowest BCUT2D eigenvalue weighted by molar-refractivity contribution is 0.0323. The van der Waals surface area contributed by atoms with Crippen molar-refractivity contribution in [3.63, 3.8) is 0 Å². The zero-order valence-electron chi connectivity index (χ0n) is 22.9. The summed E-state index contributed by atoms with van der Waals surface area (Å²) in [6.07, 6.45) is 6.31. The van der Waals surface area contributed by atoms with Crippen molar-refractivity contribution in [3.05, 3.63) is 34.6 Å². The van der Waals surface area contributed by atoms with Crippen LogP contribution < -0.4 is 10.1 Å². The summed E-state index contributed by atoms with van der Waals surface area (Å²) in [5.74, 6) is 1.87. The summed E-state index contributed by atoms with van der Waals surface area (Å²) in [6.45, 7) is 18.2. The molecule has 1 aromatic carbocycles. The second-order valence-electron chi connectivity index (χ2n) is 9.70. The van der Waals surface area contributed by atoms with Gasteiger partial charge in [-0.15, -0.1) is 0 Å². The molecular weight excluding hydrogens is 436 g/mol. The van der Waals surface area contributed by atoms with Crippen molar-refractivity contribution in [1.82, 2.24) is 14.9 Å². The van der Waals surface area contributed by atoms with E-state index in [1.165, 1.54) is 24.0 Å². The van der Waals surface area contributed by atoms with Gasteiger partial charge in [-0.3, -0.25) is 4.90 Å². The summed E-state index contributed by atoms with van der Waals surface area (Å²) in [5.41, 5.74) is 6.51. The molecule has 0 unspecified atom stereocenters. The minimum Gasteiger partial charge on any atom is -0.492 e. The minimum atomic E-state index is 0.445. The summed E-state index contributed by atoms with van der Waals surface area (Å²) in [4.78, 5) is 12.8. The average Bonchev–Trinajstić information content (AvgIpc) is 2.85. The predicted molar refractivity (Wildman–Crippen MR) is 146 cm³/mol. The lowest BCUT2D eigenvalue weighted by Crippen LogP contribution is -2.38. The van der Waals surface area contributed by atoms with Gasteiger partial charge in [0.1, 0.15) is 18.2 Å². The van der Waals surface area contributed by atoms with E-state index in [2.05, 4.69) is 63.9 Å². The van der Waals surface area contributed by atoms with Gasteiger partial charge in [0.2, 0.25) is 0 Å². The first-order chi connectivity index (χ1) is 17.0. The second-order valence-corrected chi connectivity index (χ2v) is 9.70. The average molecular weight is 483 g/mol. The molecule has 35 heavy (non-hydrogen) atoms. The molecule has 1 aromatic heterocycles. The predicted octanol–water partition coefficient (Wildman–Crippen LogP) is 5.98. The van der Waals surface area contributed by atoms with E-state index in [1.807, 2.05) is 0 Å². The fraction of sp³-hybridized carbons (Fsp3) is 0.655. The first-order valence-electron chi connectivity index (χ1n) is 13.7. The van der Waals surface area contributed by atoms with Gasteiger partial charge in [-0.2, -0.15) is 0 Å². The molecule has 3 rings (SSSR count). The van der Waals surface area contributed by atoms with Crippen LogP contribution in [0, 0.1) is 13.8 Å². The van der Waals surface area contributed by atoms with Crippen molar-refractivity contribution in [2.75, 3.05) is 44.8 Å². The third-order valence-corrected chi connectivity index (χ3v) is 6.77. The molecule has 1 saturated heterocycles. The molecule has 0 amide bonds. The van der Waals surface area contributed by atoms with E-state index < -0.39 is 0 Å². The molecule has 6 nitrogen and oxygen atoms in total. The molecule has 0 spiro atoms. The van der Waals surface area contributed by atoms with Crippen LogP contribution in [0.15, 0.2) is 12.1 Å². The Morgan fingerprint density at radius 2 is 1.66 bits per heavy atom. The number of aromatic nitrogens is 2. The van der Waals surface area contributed by atoms with Crippen molar-refractivity contribution in [2.24, 2.45) is 0 Å². The van der Waals surface area contributed by atoms with Crippen molar-refractivity contribution < 1.29 is 9.47 Å². The maximum atomic E-state index is 6.42. The van der Waals surface area contributed by atoms with Gasteiger partial charge in [-0.05, 0) is 56.7 Å². The largest absolute Gasteiger partial charge is 0.492 e. The van der Waals surface area contributed by atoms with Crippen LogP contribution in [0.3, 0.4) is 0 Å². The molecule has 0 saturated carbocycles. The van der Waals surface area contributed by atoms with E-state index in [4.69, 9.17) is 19.4 Å². The Kier molecular flexibility index (Phi) is 10.8. The highest BCUT2D eigenvalue weighted by Gasteiger charge is 2.21. The molecule has 2 heterocycles. The first kappa shape index (κ1) is 27.4. The van der Waals surface area contributed by atoms with Gasteiger partial charge in [-0.25, -0.2) is 9.97 Å². The van der Waals surface area contributed by atoms with Crippen LogP contribution in [0.5, 0.6) is 5.75 Å². The highest BCUT2D eigenvalue weighted by atomic mass is 16.5. The van der Waals surface area contributed by atoms with Crippen molar-refractivity contribution in [2.45, 2.75) is 86.1 Å². The number of nitrogens with zero attached hydrogens (tertiary/aromatic N) is 3. The number of anilines is 1. The number of hydrogen-bond acceptors (Lipinski definition) is 6. The number of morpholine rings is 1. The van der Waals surface area contributed by atoms with Crippen molar-refractivity contribution >= 4 is 5.82 Å². The Hall–Kier alpha value is -2.18. The lowest BCUT2D eigenvalue weighted by Gasteiger charge is -2.27. The van der Waals surface area contributed by atoms with Crippen LogP contribution >= 0.6 is 0 Å². The number of ether oxygens (including phenoxy) is 2. The fourth-order valence-electron chi connectivity index (χ4n) is 4.95. The number of aryl methyl sites for hydroxylation is 4. The van der Waals surface area contributed by atoms with Crippen LogP contribution in [0.1, 0.15) is 75.9 Å². The number of rotatable bonds is 13. The van der Waals surface area contributed by atoms with Crippen LogP contribution in [0.25, 0.3) is 11.3 Å². The van der Waals surface area contributed by atoms with Gasteiger partial charge in [0.25, 0.3) is 0 Å². The van der Waals surface area contributed by atoms with Crippen molar-refractivity contribution in [1.29, 1.82) is 0 Å². The minimum absolute atomic E-state index is 0.445. The topological polar surface area (TPSA) is 59.5 Å². The fourth-order valence-corrected chi connectivity index (χ4v) is 4.95. The molecule has 0 radical (unpaired) electrons. The Morgan fingerprint density at radius 3 is 2.29 bits per heavy atom. The van der Waals surface area contributed by atoms with E-state index in [1.54, 1.807) is 0 Å². The highest BCUT2D eigenvalue weighted by Crippen LogP contribution is 2.36. The van der Waals surface area contributed by atoms with Crippen LogP contribution in [0.4, 0.5) is 5.82 Å². The third kappa shape index (κ3) is 7.40. The van der Waals surface area contributed by atoms with E-state index in [-0.39, 0.29) is 0 Å². The first-order valence-corrected chi connectivity index (χ1v) is 13.7. The molecule has 1 aliphatic rings. The third-order valence-electron chi connectivity index (χ3n) is 6.77. The molecule has 6 heteroatoms. The summed E-state index contributed by atoms with van der Waals surface area (Å²) in [6, 6.07) is 4.82. The molecule has 0 atom stereocenters. The van der Waals surface area contributed by atoms with E-state index in [9.17, 15) is 0 Å². The van der Waals surface area contributed by atoms with Crippen molar-refractivity contribution in [3.8, 4) is 17.0 Å². The van der Waals surface area contributed by atoms with Crippen LogP contribution in [-0.4, -0.2) is 60.4 Å². The molecule has 1 aliphatic heterocycles. The quantitative estimate of drug-likeness (QED) is 0.379. The number of nitrogens with one attached hydrogen (secondary N) is 1. The maximum Gasteiger partial charge on any atom is 0.148 e. The van der Waals surface area contributed by atoms with E-state index >= 15 is 0 Å². The van der Waals surface area contributed by atoms with Gasteiger partial charge in [0.15, 0.2) is 0 Å². The SMILES string of the molecule is CCCC(CCC)Nc1nc(CC)c(-c2c(C)cc(C)cc2OCCN2CCOCC2)nc1CC. The normalized spacial score (nSPS) is 14.5. The Balaban J connectivity index is 1.93. The summed E-state index contributed by atoms with van der Waals surface area (Å²) < 4.78 is 11.9. The summed E-state index contributed by atoms with van der Waals surface area (Å²) in [7, 11) is 0. The molecule has 0 bridgehead atoms. The smallest absolute Gasteiger partial charge is 0.148 e. The monoisotopic (exact) mass is 482 g/mol. The van der Waals surface area contributed by atoms with Gasteiger partial charge >= 0.3 is 0 Å². The Morgan fingerprint density at radius 1 is 0.971 bits per heavy atom. The summed E-state index contributed by atoms with van der Waals surface area (Å²) in [5, 5.41) is 3.74. The van der Waals surface area contributed by atoms with Crippen LogP contribution in [-0.2, 0) is 17.6 Å². The molecule has 0 aliphatic carbocycles. The lowest BCUT2D eigenvalue weighted by atomic mass is 9.98. The Labute approximate surface area is 212 Å². The summed E-state index contributed by atoms with van der Waals surface area (Å²) >= 11 is 0.